The van der Waals surface area contributed by atoms with Crippen molar-refractivity contribution in [1.29, 1.82) is 0 Å². The van der Waals surface area contributed by atoms with E-state index in [1.54, 1.807) is 29.5 Å². The van der Waals surface area contributed by atoms with E-state index in [1.165, 1.54) is 0 Å². The lowest BCUT2D eigenvalue weighted by molar-refractivity contribution is -0.124. The number of rotatable bonds is 6. The first-order chi connectivity index (χ1) is 12.6. The van der Waals surface area contributed by atoms with Crippen molar-refractivity contribution in [2.75, 3.05) is 6.61 Å². The van der Waals surface area contributed by atoms with Gasteiger partial charge in [-0.15, -0.1) is 11.3 Å². The third-order valence-corrected chi connectivity index (χ3v) is 5.09. The molecule has 1 heterocycles. The SMILES string of the molecule is O=C(COC(=O)c1cccc(Br)c1)NC(c1ccccc1)c1cccs1. The first kappa shape index (κ1) is 18.4. The van der Waals surface area contributed by atoms with E-state index in [4.69, 9.17) is 4.74 Å². The van der Waals surface area contributed by atoms with Gasteiger partial charge in [-0.2, -0.15) is 0 Å². The molecule has 0 radical (unpaired) electrons. The van der Waals surface area contributed by atoms with Gasteiger partial charge >= 0.3 is 5.97 Å². The van der Waals surface area contributed by atoms with E-state index < -0.39 is 5.97 Å². The van der Waals surface area contributed by atoms with E-state index in [1.807, 2.05) is 53.9 Å². The van der Waals surface area contributed by atoms with Crippen LogP contribution in [0.15, 0.2) is 76.6 Å². The smallest absolute Gasteiger partial charge is 0.338 e. The number of thiophene rings is 1. The number of carbonyl (C=O) groups is 2. The maximum atomic E-state index is 12.3. The molecule has 0 bridgehead atoms. The Balaban J connectivity index is 1.64. The van der Waals surface area contributed by atoms with Crippen molar-refractivity contribution >= 4 is 39.1 Å². The Morgan fingerprint density at radius 3 is 2.54 bits per heavy atom. The van der Waals surface area contributed by atoms with Crippen LogP contribution in [0.25, 0.3) is 0 Å². The molecule has 1 unspecified atom stereocenters. The minimum atomic E-state index is -0.533. The number of amides is 1. The van der Waals surface area contributed by atoms with Crippen molar-refractivity contribution in [3.05, 3.63) is 92.6 Å². The molecule has 0 saturated heterocycles. The molecular formula is C20H16BrNO3S. The van der Waals surface area contributed by atoms with Gasteiger partial charge in [0, 0.05) is 9.35 Å². The van der Waals surface area contributed by atoms with E-state index in [9.17, 15) is 9.59 Å². The van der Waals surface area contributed by atoms with Crippen LogP contribution in [-0.2, 0) is 9.53 Å². The summed E-state index contributed by atoms with van der Waals surface area (Å²) in [4.78, 5) is 25.4. The number of esters is 1. The number of halogens is 1. The molecule has 3 rings (SSSR count). The van der Waals surface area contributed by atoms with Crippen LogP contribution in [0.3, 0.4) is 0 Å². The van der Waals surface area contributed by atoms with Crippen molar-refractivity contribution in [3.8, 4) is 0 Å². The fourth-order valence-corrected chi connectivity index (χ4v) is 3.65. The summed E-state index contributed by atoms with van der Waals surface area (Å²) in [6.07, 6.45) is 0. The molecule has 3 aromatic rings. The quantitative estimate of drug-likeness (QED) is 0.583. The summed E-state index contributed by atoms with van der Waals surface area (Å²) >= 11 is 4.87. The highest BCUT2D eigenvalue weighted by molar-refractivity contribution is 9.10. The number of hydrogen-bond donors (Lipinski definition) is 1. The molecule has 1 amide bonds. The molecule has 6 heteroatoms. The number of benzene rings is 2. The first-order valence-electron chi connectivity index (χ1n) is 7.94. The predicted octanol–water partition coefficient (Wildman–Crippen LogP) is 4.57. The van der Waals surface area contributed by atoms with Crippen LogP contribution in [0.4, 0.5) is 0 Å². The van der Waals surface area contributed by atoms with Gasteiger partial charge < -0.3 is 10.1 Å². The second kappa shape index (κ2) is 8.78. The largest absolute Gasteiger partial charge is 0.452 e. The zero-order chi connectivity index (χ0) is 18.4. The number of ether oxygens (including phenoxy) is 1. The maximum Gasteiger partial charge on any atom is 0.338 e. The molecule has 1 atom stereocenters. The molecule has 1 N–H and O–H groups in total. The van der Waals surface area contributed by atoms with Gasteiger partial charge in [0.05, 0.1) is 11.6 Å². The Kier molecular flexibility index (Phi) is 6.20. The third-order valence-electron chi connectivity index (χ3n) is 3.66. The lowest BCUT2D eigenvalue weighted by atomic mass is 10.1. The van der Waals surface area contributed by atoms with Gasteiger partial charge in [0.1, 0.15) is 0 Å². The van der Waals surface area contributed by atoms with E-state index in [-0.39, 0.29) is 18.6 Å². The molecule has 4 nitrogen and oxygen atoms in total. The first-order valence-corrected chi connectivity index (χ1v) is 9.61. The normalized spacial score (nSPS) is 11.6. The fraction of sp³-hybridized carbons (Fsp3) is 0.100. The molecule has 2 aromatic carbocycles. The Hall–Kier alpha value is -2.44. The summed E-state index contributed by atoms with van der Waals surface area (Å²) in [7, 11) is 0. The molecule has 0 aliphatic heterocycles. The van der Waals surface area contributed by atoms with Crippen LogP contribution in [0.5, 0.6) is 0 Å². The summed E-state index contributed by atoms with van der Waals surface area (Å²) in [5.41, 5.74) is 1.37. The molecule has 0 spiro atoms. The van der Waals surface area contributed by atoms with Gasteiger partial charge in [0.25, 0.3) is 5.91 Å². The van der Waals surface area contributed by atoms with Gasteiger partial charge in [-0.3, -0.25) is 4.79 Å². The van der Waals surface area contributed by atoms with Crippen LogP contribution < -0.4 is 5.32 Å². The lowest BCUT2D eigenvalue weighted by Gasteiger charge is -2.18. The fourth-order valence-electron chi connectivity index (χ4n) is 2.45. The van der Waals surface area contributed by atoms with Crippen LogP contribution in [0.1, 0.15) is 26.8 Å². The zero-order valence-electron chi connectivity index (χ0n) is 13.7. The van der Waals surface area contributed by atoms with E-state index in [0.717, 1.165) is 14.9 Å². The lowest BCUT2D eigenvalue weighted by Crippen LogP contribution is -2.32. The van der Waals surface area contributed by atoms with Gasteiger partial charge in [-0.05, 0) is 35.2 Å². The van der Waals surface area contributed by atoms with Crippen LogP contribution in [-0.4, -0.2) is 18.5 Å². The average molecular weight is 430 g/mol. The number of nitrogens with one attached hydrogen (secondary N) is 1. The van der Waals surface area contributed by atoms with Crippen LogP contribution in [0, 0.1) is 0 Å². The molecule has 0 aliphatic rings. The molecule has 132 valence electrons. The van der Waals surface area contributed by atoms with Crippen molar-refractivity contribution in [2.45, 2.75) is 6.04 Å². The maximum absolute atomic E-state index is 12.3. The summed E-state index contributed by atoms with van der Waals surface area (Å²) in [6, 6.07) is 20.2. The summed E-state index contributed by atoms with van der Waals surface area (Å²) in [5.74, 6) is -0.885. The molecule has 1 aromatic heterocycles. The Morgan fingerprint density at radius 2 is 1.85 bits per heavy atom. The van der Waals surface area contributed by atoms with Crippen molar-refractivity contribution in [3.63, 3.8) is 0 Å². The van der Waals surface area contributed by atoms with Crippen LogP contribution in [0.2, 0.25) is 0 Å². The second-order valence-electron chi connectivity index (χ2n) is 5.51. The Labute approximate surface area is 163 Å². The summed E-state index contributed by atoms with van der Waals surface area (Å²) < 4.78 is 5.91. The van der Waals surface area contributed by atoms with E-state index in [2.05, 4.69) is 21.2 Å². The molecule has 0 fully saturated rings. The van der Waals surface area contributed by atoms with E-state index in [0.29, 0.717) is 5.56 Å². The third kappa shape index (κ3) is 4.80. The molecule has 0 aliphatic carbocycles. The highest BCUT2D eigenvalue weighted by atomic mass is 79.9. The van der Waals surface area contributed by atoms with Crippen molar-refractivity contribution in [2.24, 2.45) is 0 Å². The van der Waals surface area contributed by atoms with Crippen LogP contribution >= 0.6 is 27.3 Å². The summed E-state index contributed by atoms with van der Waals surface area (Å²) in [6.45, 7) is -0.333. The van der Waals surface area contributed by atoms with Crippen molar-refractivity contribution < 1.29 is 14.3 Å². The second-order valence-corrected chi connectivity index (χ2v) is 7.41. The van der Waals surface area contributed by atoms with Gasteiger partial charge in [0.15, 0.2) is 6.61 Å². The number of carbonyl (C=O) groups excluding carboxylic acids is 2. The Morgan fingerprint density at radius 1 is 1.04 bits per heavy atom. The molecular weight excluding hydrogens is 414 g/mol. The highest BCUT2D eigenvalue weighted by Crippen LogP contribution is 2.25. The van der Waals surface area contributed by atoms with Gasteiger partial charge in [-0.1, -0.05) is 58.4 Å². The molecule has 0 saturated carbocycles. The number of hydrogen-bond acceptors (Lipinski definition) is 4. The predicted molar refractivity (Wildman–Crippen MR) is 105 cm³/mol. The Bertz CT molecular complexity index is 881. The highest BCUT2D eigenvalue weighted by Gasteiger charge is 2.19. The van der Waals surface area contributed by atoms with Gasteiger partial charge in [0.2, 0.25) is 0 Å². The van der Waals surface area contributed by atoms with Crippen molar-refractivity contribution in [1.82, 2.24) is 5.32 Å². The topological polar surface area (TPSA) is 55.4 Å². The minimum absolute atomic E-state index is 0.270. The molecule has 26 heavy (non-hydrogen) atoms. The zero-order valence-corrected chi connectivity index (χ0v) is 16.1. The minimum Gasteiger partial charge on any atom is -0.452 e. The van der Waals surface area contributed by atoms with Gasteiger partial charge in [-0.25, -0.2) is 4.79 Å². The van der Waals surface area contributed by atoms with E-state index >= 15 is 0 Å². The standard InChI is InChI=1S/C20H16BrNO3S/c21-16-9-4-8-15(12-16)20(24)25-13-18(23)22-19(17-10-5-11-26-17)14-6-2-1-3-7-14/h1-12,19H,13H2,(H,22,23). The average Bonchev–Trinajstić information content (AvgIpc) is 3.19. The monoisotopic (exact) mass is 429 g/mol. The summed E-state index contributed by atoms with van der Waals surface area (Å²) in [5, 5.41) is 4.90.